The molecule has 1 saturated heterocycles. The molecule has 1 unspecified atom stereocenters. The van der Waals surface area contributed by atoms with E-state index in [1.165, 1.54) is 16.6 Å². The van der Waals surface area contributed by atoms with Gasteiger partial charge in [-0.2, -0.15) is 0 Å². The van der Waals surface area contributed by atoms with Crippen molar-refractivity contribution in [1.82, 2.24) is 25.1 Å². The zero-order valence-electron chi connectivity index (χ0n) is 15.3. The Balaban J connectivity index is 1.31. The first-order valence-electron chi connectivity index (χ1n) is 9.16. The molecule has 0 radical (unpaired) electrons. The second-order valence-electron chi connectivity index (χ2n) is 6.62. The van der Waals surface area contributed by atoms with Crippen LogP contribution in [0.2, 0.25) is 0 Å². The number of rotatable bonds is 6. The van der Waals surface area contributed by atoms with Gasteiger partial charge >= 0.3 is 5.97 Å². The molecular weight excluding hydrogens is 358 g/mol. The van der Waals surface area contributed by atoms with E-state index in [0.717, 1.165) is 19.6 Å². The van der Waals surface area contributed by atoms with Gasteiger partial charge in [0.2, 0.25) is 0 Å². The minimum Gasteiger partial charge on any atom is -0.459 e. The smallest absolute Gasteiger partial charge is 0.338 e. The minimum atomic E-state index is -0.390. The van der Waals surface area contributed by atoms with Crippen molar-refractivity contribution in [3.05, 3.63) is 72.1 Å². The highest BCUT2D eigenvalue weighted by Crippen LogP contribution is 2.13. The Hall–Kier alpha value is -3.10. The van der Waals surface area contributed by atoms with E-state index in [0.29, 0.717) is 17.9 Å². The van der Waals surface area contributed by atoms with E-state index in [9.17, 15) is 4.79 Å². The molecule has 0 bridgehead atoms. The monoisotopic (exact) mass is 379 g/mol. The van der Waals surface area contributed by atoms with Crippen LogP contribution in [0.3, 0.4) is 0 Å². The standard InChI is InChI=1S/C20H21N5O3/c26-20(17-7-4-8-18(11-17)25-15-21-22-23-25)28-14-19-13-24(9-10-27-19)12-16-5-2-1-3-6-16/h1-8,11,15,19H,9-10,12-14H2. The van der Waals surface area contributed by atoms with Crippen LogP contribution in [0, 0.1) is 0 Å². The third kappa shape index (κ3) is 4.59. The lowest BCUT2D eigenvalue weighted by atomic mass is 10.2. The molecule has 8 nitrogen and oxygen atoms in total. The van der Waals surface area contributed by atoms with Crippen molar-refractivity contribution in [1.29, 1.82) is 0 Å². The summed E-state index contributed by atoms with van der Waals surface area (Å²) in [6.45, 7) is 3.31. The number of hydrogen-bond donors (Lipinski definition) is 0. The Morgan fingerprint density at radius 1 is 1.18 bits per heavy atom. The van der Waals surface area contributed by atoms with Gasteiger partial charge in [-0.15, -0.1) is 5.10 Å². The van der Waals surface area contributed by atoms with E-state index in [1.54, 1.807) is 18.2 Å². The number of nitrogens with zero attached hydrogens (tertiary/aromatic N) is 5. The molecule has 0 amide bonds. The predicted molar refractivity (Wildman–Crippen MR) is 101 cm³/mol. The number of hydrogen-bond acceptors (Lipinski definition) is 7. The van der Waals surface area contributed by atoms with Gasteiger partial charge in [0, 0.05) is 19.6 Å². The summed E-state index contributed by atoms with van der Waals surface area (Å²) in [5.74, 6) is -0.390. The van der Waals surface area contributed by atoms with Crippen molar-refractivity contribution in [2.45, 2.75) is 12.6 Å². The van der Waals surface area contributed by atoms with Crippen molar-refractivity contribution < 1.29 is 14.3 Å². The highest BCUT2D eigenvalue weighted by molar-refractivity contribution is 5.90. The minimum absolute atomic E-state index is 0.135. The predicted octanol–water partition coefficient (Wildman–Crippen LogP) is 1.72. The van der Waals surface area contributed by atoms with Gasteiger partial charge in [0.1, 0.15) is 19.0 Å². The lowest BCUT2D eigenvalue weighted by Crippen LogP contribution is -2.44. The Morgan fingerprint density at radius 2 is 2.07 bits per heavy atom. The quantitative estimate of drug-likeness (QED) is 0.603. The lowest BCUT2D eigenvalue weighted by molar-refractivity contribution is -0.0612. The molecule has 1 fully saturated rings. The molecule has 4 rings (SSSR count). The molecule has 1 atom stereocenters. The SMILES string of the molecule is O=C(OCC1CN(Cc2ccccc2)CCO1)c1cccc(-n2cnnn2)c1. The van der Waals surface area contributed by atoms with E-state index >= 15 is 0 Å². The Morgan fingerprint density at radius 3 is 2.89 bits per heavy atom. The van der Waals surface area contributed by atoms with Gasteiger partial charge in [-0.1, -0.05) is 36.4 Å². The Bertz CT molecular complexity index is 901. The maximum Gasteiger partial charge on any atom is 0.338 e. The first-order chi connectivity index (χ1) is 13.8. The average molecular weight is 379 g/mol. The van der Waals surface area contributed by atoms with Crippen LogP contribution in [0.25, 0.3) is 5.69 Å². The number of tetrazole rings is 1. The highest BCUT2D eigenvalue weighted by atomic mass is 16.6. The van der Waals surface area contributed by atoms with Crippen LogP contribution in [0.1, 0.15) is 15.9 Å². The molecule has 0 aliphatic carbocycles. The Kier molecular flexibility index (Phi) is 5.69. The number of carbonyl (C=O) groups is 1. The van der Waals surface area contributed by atoms with Crippen LogP contribution < -0.4 is 0 Å². The molecule has 3 aromatic rings. The maximum atomic E-state index is 12.4. The second kappa shape index (κ2) is 8.73. The fourth-order valence-electron chi connectivity index (χ4n) is 3.17. The summed E-state index contributed by atoms with van der Waals surface area (Å²) in [7, 11) is 0. The van der Waals surface area contributed by atoms with Gasteiger partial charge in [-0.3, -0.25) is 4.90 Å². The fraction of sp³-hybridized carbons (Fsp3) is 0.300. The summed E-state index contributed by atoms with van der Waals surface area (Å²) in [6, 6.07) is 17.3. The summed E-state index contributed by atoms with van der Waals surface area (Å²) in [4.78, 5) is 14.7. The summed E-state index contributed by atoms with van der Waals surface area (Å²) in [5.41, 5.74) is 2.41. The molecule has 0 N–H and O–H groups in total. The van der Waals surface area contributed by atoms with Crippen molar-refractivity contribution in [3.63, 3.8) is 0 Å². The normalized spacial score (nSPS) is 17.4. The summed E-state index contributed by atoms with van der Waals surface area (Å²) in [6.07, 6.45) is 1.34. The Labute approximate surface area is 162 Å². The fourth-order valence-corrected chi connectivity index (χ4v) is 3.17. The van der Waals surface area contributed by atoms with E-state index in [2.05, 4.69) is 32.6 Å². The zero-order valence-corrected chi connectivity index (χ0v) is 15.3. The van der Waals surface area contributed by atoms with Gasteiger partial charge in [0.05, 0.1) is 17.9 Å². The summed E-state index contributed by atoms with van der Waals surface area (Å²) in [5, 5.41) is 11.0. The van der Waals surface area contributed by atoms with E-state index in [-0.39, 0.29) is 12.7 Å². The highest BCUT2D eigenvalue weighted by Gasteiger charge is 2.22. The van der Waals surface area contributed by atoms with Crippen LogP contribution in [0.5, 0.6) is 0 Å². The van der Waals surface area contributed by atoms with Crippen LogP contribution in [0.4, 0.5) is 0 Å². The average Bonchev–Trinajstić information content (AvgIpc) is 3.28. The molecule has 1 aliphatic heterocycles. The van der Waals surface area contributed by atoms with Gasteiger partial charge in [0.25, 0.3) is 0 Å². The van der Waals surface area contributed by atoms with Gasteiger partial charge < -0.3 is 9.47 Å². The molecule has 1 aliphatic rings. The van der Waals surface area contributed by atoms with E-state index in [4.69, 9.17) is 9.47 Å². The molecule has 1 aromatic heterocycles. The second-order valence-corrected chi connectivity index (χ2v) is 6.62. The zero-order chi connectivity index (χ0) is 19.2. The maximum absolute atomic E-state index is 12.4. The molecule has 8 heteroatoms. The number of morpholine rings is 1. The van der Waals surface area contributed by atoms with Crippen LogP contribution in [-0.2, 0) is 16.0 Å². The van der Waals surface area contributed by atoms with Crippen molar-refractivity contribution in [2.75, 3.05) is 26.3 Å². The number of carbonyl (C=O) groups excluding carboxylic acids is 1. The molecular formula is C20H21N5O3. The molecule has 144 valence electrons. The van der Waals surface area contributed by atoms with Crippen LogP contribution in [0.15, 0.2) is 60.9 Å². The molecule has 28 heavy (non-hydrogen) atoms. The van der Waals surface area contributed by atoms with Crippen LogP contribution in [-0.4, -0.2) is 63.5 Å². The van der Waals surface area contributed by atoms with Crippen molar-refractivity contribution >= 4 is 5.97 Å². The first kappa shape index (κ1) is 18.3. The third-order valence-electron chi connectivity index (χ3n) is 4.57. The first-order valence-corrected chi connectivity index (χ1v) is 9.16. The summed E-state index contributed by atoms with van der Waals surface area (Å²) < 4.78 is 12.7. The molecule has 0 spiro atoms. The third-order valence-corrected chi connectivity index (χ3v) is 4.57. The largest absolute Gasteiger partial charge is 0.459 e. The number of esters is 1. The van der Waals surface area contributed by atoms with Gasteiger partial charge in [-0.25, -0.2) is 9.48 Å². The van der Waals surface area contributed by atoms with Gasteiger partial charge in [0.15, 0.2) is 0 Å². The van der Waals surface area contributed by atoms with Crippen molar-refractivity contribution in [3.8, 4) is 5.69 Å². The topological polar surface area (TPSA) is 82.4 Å². The van der Waals surface area contributed by atoms with Gasteiger partial charge in [-0.05, 0) is 34.2 Å². The number of benzene rings is 2. The number of ether oxygens (including phenoxy) is 2. The molecule has 0 saturated carbocycles. The lowest BCUT2D eigenvalue weighted by Gasteiger charge is -2.32. The molecule has 2 heterocycles. The van der Waals surface area contributed by atoms with Crippen molar-refractivity contribution in [2.24, 2.45) is 0 Å². The van der Waals surface area contributed by atoms with E-state index in [1.807, 2.05) is 24.3 Å². The van der Waals surface area contributed by atoms with Crippen LogP contribution >= 0.6 is 0 Å². The number of aromatic nitrogens is 4. The summed E-state index contributed by atoms with van der Waals surface area (Å²) >= 11 is 0. The van der Waals surface area contributed by atoms with E-state index < -0.39 is 5.97 Å². The molecule has 2 aromatic carbocycles.